The van der Waals surface area contributed by atoms with Gasteiger partial charge in [-0.05, 0) is 6.42 Å². The zero-order chi connectivity index (χ0) is 22.2. The molecule has 8 heteroatoms. The van der Waals surface area contributed by atoms with E-state index in [1.807, 2.05) is 0 Å². The first-order valence-electron chi connectivity index (χ1n) is 11.1. The summed E-state index contributed by atoms with van der Waals surface area (Å²) in [5.41, 5.74) is 0. The minimum absolute atomic E-state index is 0.213. The average Bonchev–Trinajstić information content (AvgIpc) is 2.71. The number of amides is 2. The molecule has 0 radical (unpaired) electrons. The van der Waals surface area contributed by atoms with Crippen molar-refractivity contribution in [2.45, 2.75) is 83.6 Å². The minimum Gasteiger partial charge on any atom is -0.478 e. The summed E-state index contributed by atoms with van der Waals surface area (Å²) in [5, 5.41) is 11.3. The third kappa shape index (κ3) is 11.0. The zero-order valence-corrected chi connectivity index (χ0v) is 18.1. The molecule has 1 unspecified atom stereocenters. The monoisotopic (exact) mass is 424 g/mol. The maximum atomic E-state index is 12.1. The number of hydrogen-bond donors (Lipinski definition) is 2. The van der Waals surface area contributed by atoms with Crippen LogP contribution >= 0.6 is 0 Å². The number of carboxylic acid groups (broad SMARTS) is 1. The third-order valence-corrected chi connectivity index (χ3v) is 5.10. The van der Waals surface area contributed by atoms with Gasteiger partial charge in [-0.3, -0.25) is 14.4 Å². The molecule has 1 heterocycles. The molecule has 1 fully saturated rings. The van der Waals surface area contributed by atoms with E-state index in [0.29, 0.717) is 6.61 Å². The maximum absolute atomic E-state index is 12.1. The van der Waals surface area contributed by atoms with Crippen LogP contribution in [-0.4, -0.2) is 59.5 Å². The van der Waals surface area contributed by atoms with Crippen LogP contribution in [0.25, 0.3) is 0 Å². The van der Waals surface area contributed by atoms with E-state index in [-0.39, 0.29) is 19.5 Å². The Labute approximate surface area is 179 Å². The van der Waals surface area contributed by atoms with Crippen molar-refractivity contribution in [1.82, 2.24) is 10.2 Å². The van der Waals surface area contributed by atoms with Gasteiger partial charge in [0, 0.05) is 25.2 Å². The van der Waals surface area contributed by atoms with Crippen molar-refractivity contribution >= 4 is 23.8 Å². The summed E-state index contributed by atoms with van der Waals surface area (Å²) in [4.78, 5) is 48.1. The van der Waals surface area contributed by atoms with E-state index >= 15 is 0 Å². The number of nitrogens with one attached hydrogen (secondary N) is 1. The number of nitrogens with zero attached hydrogens (tertiary/aromatic N) is 1. The Hall–Kier alpha value is -2.38. The van der Waals surface area contributed by atoms with Gasteiger partial charge in [-0.2, -0.15) is 0 Å². The van der Waals surface area contributed by atoms with E-state index in [1.165, 1.54) is 49.8 Å². The van der Waals surface area contributed by atoms with E-state index < -0.39 is 29.8 Å². The molecule has 0 aliphatic carbocycles. The SMILES string of the molecule is CCCCCCCCCCCCOC(=O)CC1C(=O)NCCN1C(=O)/C=C/C(=O)O. The van der Waals surface area contributed by atoms with Crippen molar-refractivity contribution in [3.63, 3.8) is 0 Å². The van der Waals surface area contributed by atoms with Crippen molar-refractivity contribution in [2.75, 3.05) is 19.7 Å². The number of rotatable bonds is 15. The topological polar surface area (TPSA) is 113 Å². The van der Waals surface area contributed by atoms with E-state index in [0.717, 1.165) is 31.4 Å². The Morgan fingerprint density at radius 2 is 1.63 bits per heavy atom. The van der Waals surface area contributed by atoms with Gasteiger partial charge in [0.15, 0.2) is 0 Å². The highest BCUT2D eigenvalue weighted by atomic mass is 16.5. The van der Waals surface area contributed by atoms with Crippen LogP contribution in [0.4, 0.5) is 0 Å². The molecule has 0 saturated carbocycles. The van der Waals surface area contributed by atoms with Crippen LogP contribution in [0.3, 0.4) is 0 Å². The maximum Gasteiger partial charge on any atom is 0.328 e. The molecule has 1 aliphatic heterocycles. The van der Waals surface area contributed by atoms with Gasteiger partial charge < -0.3 is 20.1 Å². The Morgan fingerprint density at radius 3 is 2.23 bits per heavy atom. The van der Waals surface area contributed by atoms with Crippen LogP contribution in [0.5, 0.6) is 0 Å². The van der Waals surface area contributed by atoms with Crippen molar-refractivity contribution in [2.24, 2.45) is 0 Å². The molecule has 1 saturated heterocycles. The molecule has 0 aromatic carbocycles. The molecule has 30 heavy (non-hydrogen) atoms. The van der Waals surface area contributed by atoms with Crippen molar-refractivity contribution in [3.8, 4) is 0 Å². The van der Waals surface area contributed by atoms with Crippen molar-refractivity contribution < 1.29 is 29.0 Å². The fourth-order valence-electron chi connectivity index (χ4n) is 3.41. The number of hydrogen-bond acceptors (Lipinski definition) is 5. The van der Waals surface area contributed by atoms with Crippen molar-refractivity contribution in [3.05, 3.63) is 12.2 Å². The number of carboxylic acids is 1. The third-order valence-electron chi connectivity index (χ3n) is 5.10. The lowest BCUT2D eigenvalue weighted by Crippen LogP contribution is -2.57. The number of esters is 1. The quantitative estimate of drug-likeness (QED) is 0.237. The van der Waals surface area contributed by atoms with E-state index in [1.54, 1.807) is 0 Å². The predicted molar refractivity (Wildman–Crippen MR) is 113 cm³/mol. The highest BCUT2D eigenvalue weighted by Crippen LogP contribution is 2.13. The summed E-state index contributed by atoms with van der Waals surface area (Å²) >= 11 is 0. The number of ether oxygens (including phenoxy) is 1. The molecule has 0 aromatic heterocycles. The molecule has 0 aromatic rings. The Morgan fingerprint density at radius 1 is 1.03 bits per heavy atom. The van der Waals surface area contributed by atoms with Gasteiger partial charge in [0.1, 0.15) is 6.04 Å². The molecule has 1 aliphatic rings. The number of carbonyl (C=O) groups is 4. The summed E-state index contributed by atoms with van der Waals surface area (Å²) < 4.78 is 5.22. The van der Waals surface area contributed by atoms with Gasteiger partial charge in [-0.25, -0.2) is 4.79 Å². The van der Waals surface area contributed by atoms with Crippen LogP contribution < -0.4 is 5.32 Å². The molecule has 170 valence electrons. The van der Waals surface area contributed by atoms with E-state index in [2.05, 4.69) is 12.2 Å². The van der Waals surface area contributed by atoms with Crippen LogP contribution in [0, 0.1) is 0 Å². The lowest BCUT2D eigenvalue weighted by atomic mass is 10.1. The van der Waals surface area contributed by atoms with Gasteiger partial charge in [0.25, 0.3) is 0 Å². The van der Waals surface area contributed by atoms with Gasteiger partial charge >= 0.3 is 11.9 Å². The summed E-state index contributed by atoms with van der Waals surface area (Å²) in [5.74, 6) is -2.83. The Kier molecular flexibility index (Phi) is 13.2. The normalized spacial score (nSPS) is 16.5. The summed E-state index contributed by atoms with van der Waals surface area (Å²) in [6.45, 7) is 2.99. The first-order valence-corrected chi connectivity index (χ1v) is 11.1. The largest absolute Gasteiger partial charge is 0.478 e. The van der Waals surface area contributed by atoms with Crippen LogP contribution in [-0.2, 0) is 23.9 Å². The van der Waals surface area contributed by atoms with Gasteiger partial charge in [0.05, 0.1) is 13.0 Å². The van der Waals surface area contributed by atoms with Crippen LogP contribution in [0.15, 0.2) is 12.2 Å². The highest BCUT2D eigenvalue weighted by molar-refractivity contribution is 5.98. The van der Waals surface area contributed by atoms with E-state index in [4.69, 9.17) is 9.84 Å². The molecule has 0 spiro atoms. The predicted octanol–water partition coefficient (Wildman–Crippen LogP) is 2.81. The summed E-state index contributed by atoms with van der Waals surface area (Å²) in [6.07, 6.45) is 13.2. The first kappa shape index (κ1) is 25.7. The van der Waals surface area contributed by atoms with Crippen LogP contribution in [0.1, 0.15) is 77.6 Å². The average molecular weight is 425 g/mol. The molecule has 8 nitrogen and oxygen atoms in total. The second-order valence-electron chi connectivity index (χ2n) is 7.62. The second kappa shape index (κ2) is 15.5. The highest BCUT2D eigenvalue weighted by Gasteiger charge is 2.34. The summed E-state index contributed by atoms with van der Waals surface area (Å²) in [7, 11) is 0. The molecule has 2 N–H and O–H groups in total. The molecule has 1 atom stereocenters. The minimum atomic E-state index is -1.25. The van der Waals surface area contributed by atoms with E-state index in [9.17, 15) is 19.2 Å². The zero-order valence-electron chi connectivity index (χ0n) is 18.1. The van der Waals surface area contributed by atoms with Gasteiger partial charge in [-0.15, -0.1) is 0 Å². The number of piperazine rings is 1. The molecule has 2 amide bonds. The van der Waals surface area contributed by atoms with Gasteiger partial charge in [-0.1, -0.05) is 64.7 Å². The summed E-state index contributed by atoms with van der Waals surface area (Å²) in [6, 6.07) is -0.982. The Bertz CT molecular complexity index is 590. The van der Waals surface area contributed by atoms with Gasteiger partial charge in [0.2, 0.25) is 11.8 Å². The molecular weight excluding hydrogens is 388 g/mol. The van der Waals surface area contributed by atoms with Crippen molar-refractivity contribution in [1.29, 1.82) is 0 Å². The fraction of sp³-hybridized carbons (Fsp3) is 0.727. The molecular formula is C22H36N2O6. The standard InChI is InChI=1S/C22H36N2O6/c1-2-3-4-5-6-7-8-9-10-11-16-30-21(28)17-18-22(29)23-14-15-24(18)19(25)12-13-20(26)27/h12-13,18H,2-11,14-17H2,1H3,(H,23,29)(H,26,27)/b13-12+. The first-order chi connectivity index (χ1) is 14.5. The lowest BCUT2D eigenvalue weighted by Gasteiger charge is -2.33. The second-order valence-corrected chi connectivity index (χ2v) is 7.62. The smallest absolute Gasteiger partial charge is 0.328 e. The molecule has 0 bridgehead atoms. The molecule has 1 rings (SSSR count). The number of unbranched alkanes of at least 4 members (excludes halogenated alkanes) is 9. The van der Waals surface area contributed by atoms with Crippen LogP contribution in [0.2, 0.25) is 0 Å². The lowest BCUT2D eigenvalue weighted by molar-refractivity contribution is -0.150. The number of aliphatic carboxylic acids is 1. The Balaban J connectivity index is 2.24. The number of carbonyl (C=O) groups excluding carboxylic acids is 3. The fourth-order valence-corrected chi connectivity index (χ4v) is 3.41.